The number of ether oxygens (including phenoxy) is 1. The molecule has 0 fully saturated rings. The lowest BCUT2D eigenvalue weighted by atomic mass is 10.0. The van der Waals surface area contributed by atoms with Gasteiger partial charge in [-0.2, -0.15) is 0 Å². The highest BCUT2D eigenvalue weighted by atomic mass is 16.5. The highest BCUT2D eigenvalue weighted by Crippen LogP contribution is 2.27. The summed E-state index contributed by atoms with van der Waals surface area (Å²) in [6, 6.07) is 12.6. The smallest absolute Gasteiger partial charge is 0.349 e. The second kappa shape index (κ2) is 6.60. The summed E-state index contributed by atoms with van der Waals surface area (Å²) in [5, 5.41) is 19.0. The van der Waals surface area contributed by atoms with Crippen molar-refractivity contribution in [2.24, 2.45) is 0 Å². The Labute approximate surface area is 142 Å². The van der Waals surface area contributed by atoms with Gasteiger partial charge in [-0.3, -0.25) is 5.41 Å². The average Bonchev–Trinajstić information content (AvgIpc) is 2.62. The molecular formula is C19H15NO5. The van der Waals surface area contributed by atoms with Gasteiger partial charge in [0.15, 0.2) is 0 Å². The fraction of sp³-hybridized carbons (Fsp3) is 0.105. The number of nitrogens with one attached hydrogen (secondary N) is 1. The number of benzene rings is 2. The molecule has 2 N–H and O–H groups in total. The molecular weight excluding hydrogens is 322 g/mol. The molecule has 0 aliphatic rings. The van der Waals surface area contributed by atoms with Crippen molar-refractivity contribution in [3.8, 4) is 5.75 Å². The minimum Gasteiger partial charge on any atom is -0.506 e. The zero-order valence-corrected chi connectivity index (χ0v) is 13.4. The zero-order valence-electron chi connectivity index (χ0n) is 13.4. The van der Waals surface area contributed by atoms with Crippen LogP contribution in [-0.2, 0) is 4.74 Å². The van der Waals surface area contributed by atoms with Crippen LogP contribution in [0, 0.1) is 5.41 Å². The molecule has 3 aromatic rings. The Hall–Kier alpha value is -3.41. The van der Waals surface area contributed by atoms with Crippen molar-refractivity contribution >= 4 is 22.7 Å². The predicted octanol–water partition coefficient (Wildman–Crippen LogP) is 3.09. The van der Waals surface area contributed by atoms with Crippen LogP contribution < -0.4 is 5.63 Å². The van der Waals surface area contributed by atoms with Gasteiger partial charge in [-0.15, -0.1) is 0 Å². The first-order valence-electron chi connectivity index (χ1n) is 7.64. The van der Waals surface area contributed by atoms with Crippen LogP contribution >= 0.6 is 0 Å². The zero-order chi connectivity index (χ0) is 18.0. The van der Waals surface area contributed by atoms with E-state index in [1.54, 1.807) is 31.2 Å². The lowest BCUT2D eigenvalue weighted by Gasteiger charge is -2.08. The number of para-hydroxylation sites is 1. The number of fused-ring (bicyclic) bond motifs is 1. The first-order chi connectivity index (χ1) is 12.0. The number of esters is 1. The van der Waals surface area contributed by atoms with Crippen LogP contribution in [0.5, 0.6) is 5.75 Å². The molecule has 0 atom stereocenters. The van der Waals surface area contributed by atoms with Crippen molar-refractivity contribution in [1.82, 2.24) is 0 Å². The molecule has 6 nitrogen and oxygen atoms in total. The van der Waals surface area contributed by atoms with Gasteiger partial charge < -0.3 is 14.3 Å². The molecule has 2 aromatic carbocycles. The average molecular weight is 337 g/mol. The van der Waals surface area contributed by atoms with E-state index in [0.29, 0.717) is 16.5 Å². The Morgan fingerprint density at radius 1 is 1.12 bits per heavy atom. The van der Waals surface area contributed by atoms with E-state index in [1.807, 2.05) is 0 Å². The van der Waals surface area contributed by atoms with Gasteiger partial charge in [0.2, 0.25) is 0 Å². The van der Waals surface area contributed by atoms with Crippen LogP contribution in [0.3, 0.4) is 0 Å². The van der Waals surface area contributed by atoms with E-state index in [4.69, 9.17) is 14.6 Å². The third-order valence-electron chi connectivity index (χ3n) is 3.72. The predicted molar refractivity (Wildman–Crippen MR) is 92.5 cm³/mol. The quantitative estimate of drug-likeness (QED) is 0.433. The van der Waals surface area contributed by atoms with Crippen molar-refractivity contribution in [3.05, 3.63) is 75.6 Å². The molecule has 1 heterocycles. The van der Waals surface area contributed by atoms with Gasteiger partial charge in [0, 0.05) is 5.56 Å². The Bertz CT molecular complexity index is 1020. The molecule has 0 saturated heterocycles. The summed E-state index contributed by atoms with van der Waals surface area (Å²) in [5.74, 6) is -0.764. The minimum absolute atomic E-state index is 0.188. The number of carbonyl (C=O) groups is 1. The van der Waals surface area contributed by atoms with Gasteiger partial charge in [0.05, 0.1) is 23.3 Å². The van der Waals surface area contributed by atoms with Gasteiger partial charge in [-0.1, -0.05) is 24.3 Å². The summed E-state index contributed by atoms with van der Waals surface area (Å²) in [5.41, 5.74) is -0.246. The van der Waals surface area contributed by atoms with E-state index in [0.717, 1.165) is 0 Å². The summed E-state index contributed by atoms with van der Waals surface area (Å²) in [6.45, 7) is 1.98. The van der Waals surface area contributed by atoms with Gasteiger partial charge in [-0.05, 0) is 31.2 Å². The third-order valence-corrected chi connectivity index (χ3v) is 3.72. The number of carbonyl (C=O) groups excluding carboxylic acids is 1. The maximum Gasteiger partial charge on any atom is 0.349 e. The van der Waals surface area contributed by atoms with Crippen molar-refractivity contribution in [2.45, 2.75) is 6.92 Å². The molecule has 6 heteroatoms. The standard InChI is InChI=1S/C19H15NO5/c1-2-24-18(22)12-9-7-11(8-10-12)16(20)15-17(21)13-5-3-4-6-14(13)25-19(15)23/h3-10,20-21H,2H2,1H3. The first-order valence-corrected chi connectivity index (χ1v) is 7.64. The maximum absolute atomic E-state index is 12.2. The van der Waals surface area contributed by atoms with Crippen LogP contribution in [0.25, 0.3) is 11.0 Å². The molecule has 1 aromatic heterocycles. The second-order valence-electron chi connectivity index (χ2n) is 5.28. The Kier molecular flexibility index (Phi) is 4.35. The SMILES string of the molecule is CCOC(=O)c1ccc(C(=N)c2c(O)c3ccccc3oc2=O)cc1. The topological polar surface area (TPSA) is 101 Å². The molecule has 3 rings (SSSR count). The molecule has 0 unspecified atom stereocenters. The third kappa shape index (κ3) is 3.01. The first kappa shape index (κ1) is 16.4. The Balaban J connectivity index is 2.03. The van der Waals surface area contributed by atoms with Crippen molar-refractivity contribution < 1.29 is 19.1 Å². The van der Waals surface area contributed by atoms with E-state index in [9.17, 15) is 14.7 Å². The van der Waals surface area contributed by atoms with Gasteiger partial charge in [0.25, 0.3) is 0 Å². The van der Waals surface area contributed by atoms with E-state index < -0.39 is 11.6 Å². The lowest BCUT2D eigenvalue weighted by molar-refractivity contribution is 0.0526. The van der Waals surface area contributed by atoms with Crippen molar-refractivity contribution in [3.63, 3.8) is 0 Å². The van der Waals surface area contributed by atoms with Gasteiger partial charge in [0.1, 0.15) is 16.9 Å². The number of hydrogen-bond donors (Lipinski definition) is 2. The Morgan fingerprint density at radius 2 is 1.76 bits per heavy atom. The Morgan fingerprint density at radius 3 is 2.44 bits per heavy atom. The summed E-state index contributed by atoms with van der Waals surface area (Å²) >= 11 is 0. The van der Waals surface area contributed by atoms with Crippen molar-refractivity contribution in [2.75, 3.05) is 6.61 Å². The van der Waals surface area contributed by atoms with Crippen LogP contribution in [0.2, 0.25) is 0 Å². The van der Waals surface area contributed by atoms with E-state index in [2.05, 4.69) is 0 Å². The molecule has 0 amide bonds. The molecule has 0 saturated carbocycles. The summed E-state index contributed by atoms with van der Waals surface area (Å²) < 4.78 is 10.1. The molecule has 0 aliphatic heterocycles. The molecule has 126 valence electrons. The lowest BCUT2D eigenvalue weighted by Crippen LogP contribution is -2.15. The highest BCUT2D eigenvalue weighted by molar-refractivity contribution is 6.14. The highest BCUT2D eigenvalue weighted by Gasteiger charge is 2.19. The summed E-state index contributed by atoms with van der Waals surface area (Å²) in [7, 11) is 0. The number of rotatable bonds is 4. The molecule has 25 heavy (non-hydrogen) atoms. The van der Waals surface area contributed by atoms with Gasteiger partial charge >= 0.3 is 11.6 Å². The fourth-order valence-electron chi connectivity index (χ4n) is 2.49. The molecule has 0 bridgehead atoms. The molecule has 0 radical (unpaired) electrons. The fourth-order valence-corrected chi connectivity index (χ4v) is 2.49. The monoisotopic (exact) mass is 337 g/mol. The van der Waals surface area contributed by atoms with E-state index in [1.165, 1.54) is 24.3 Å². The van der Waals surface area contributed by atoms with E-state index >= 15 is 0 Å². The van der Waals surface area contributed by atoms with Crippen LogP contribution in [-0.4, -0.2) is 23.4 Å². The molecule has 0 spiro atoms. The second-order valence-corrected chi connectivity index (χ2v) is 5.28. The van der Waals surface area contributed by atoms with Crippen molar-refractivity contribution in [1.29, 1.82) is 5.41 Å². The summed E-state index contributed by atoms with van der Waals surface area (Å²) in [6.07, 6.45) is 0. The summed E-state index contributed by atoms with van der Waals surface area (Å²) in [4.78, 5) is 23.9. The number of hydrogen-bond acceptors (Lipinski definition) is 6. The minimum atomic E-state index is -0.796. The van der Waals surface area contributed by atoms with Crippen LogP contribution in [0.4, 0.5) is 0 Å². The van der Waals surface area contributed by atoms with Crippen LogP contribution in [0.15, 0.2) is 57.7 Å². The van der Waals surface area contributed by atoms with E-state index in [-0.39, 0.29) is 29.2 Å². The largest absolute Gasteiger partial charge is 0.506 e. The number of aromatic hydroxyl groups is 1. The van der Waals surface area contributed by atoms with Gasteiger partial charge in [-0.25, -0.2) is 9.59 Å². The molecule has 0 aliphatic carbocycles. The maximum atomic E-state index is 12.2. The normalized spacial score (nSPS) is 10.6. The van der Waals surface area contributed by atoms with Crippen LogP contribution in [0.1, 0.15) is 28.4 Å².